The Hall–Kier alpha value is -3.51. The van der Waals surface area contributed by atoms with E-state index >= 15 is 0 Å². The highest BCUT2D eigenvalue weighted by Gasteiger charge is 2.30. The van der Waals surface area contributed by atoms with Gasteiger partial charge >= 0.3 is 5.97 Å². The van der Waals surface area contributed by atoms with Gasteiger partial charge in [-0.25, -0.2) is 4.79 Å². The van der Waals surface area contributed by atoms with Gasteiger partial charge in [0, 0.05) is 11.1 Å². The summed E-state index contributed by atoms with van der Waals surface area (Å²) in [4.78, 5) is 12.9. The summed E-state index contributed by atoms with van der Waals surface area (Å²) in [6.07, 6.45) is -0.244. The van der Waals surface area contributed by atoms with E-state index in [0.717, 1.165) is 5.56 Å². The number of carbonyl (C=O) groups excluding carboxylic acids is 1. The lowest BCUT2D eigenvalue weighted by Crippen LogP contribution is -2.15. The fraction of sp³-hybridized carbons (Fsp3) is 0.296. The van der Waals surface area contributed by atoms with Crippen molar-refractivity contribution in [2.45, 2.75) is 39.6 Å². The van der Waals surface area contributed by atoms with Crippen LogP contribution >= 0.6 is 0 Å². The number of cyclic esters (lactones) is 1. The first-order valence-electron chi connectivity index (χ1n) is 11.0. The Kier molecular flexibility index (Phi) is 6.84. The molecule has 0 amide bonds. The molecule has 0 aromatic heterocycles. The Morgan fingerprint density at radius 2 is 1.82 bits per heavy atom. The summed E-state index contributed by atoms with van der Waals surface area (Å²) >= 11 is 0. The summed E-state index contributed by atoms with van der Waals surface area (Å²) in [5.41, 5.74) is 2.40. The lowest BCUT2D eigenvalue weighted by Gasteiger charge is -2.24. The lowest BCUT2D eigenvalue weighted by molar-refractivity contribution is 0.0453. The van der Waals surface area contributed by atoms with Gasteiger partial charge in [0.1, 0.15) is 30.3 Å². The third-order valence-electron chi connectivity index (χ3n) is 5.48. The van der Waals surface area contributed by atoms with Gasteiger partial charge in [-0.15, -0.1) is 0 Å². The number of benzene rings is 3. The summed E-state index contributed by atoms with van der Waals surface area (Å²) in [7, 11) is 1.47. The van der Waals surface area contributed by atoms with Crippen LogP contribution in [0.2, 0.25) is 0 Å². The zero-order valence-electron chi connectivity index (χ0n) is 19.0. The van der Waals surface area contributed by atoms with Gasteiger partial charge in [0.05, 0.1) is 13.2 Å². The van der Waals surface area contributed by atoms with Crippen molar-refractivity contribution in [3.05, 3.63) is 82.9 Å². The van der Waals surface area contributed by atoms with Crippen LogP contribution in [-0.4, -0.2) is 18.2 Å². The van der Waals surface area contributed by atoms with E-state index < -0.39 is 12.1 Å². The van der Waals surface area contributed by atoms with Gasteiger partial charge in [0.2, 0.25) is 0 Å². The Bertz CT molecular complexity index is 1120. The minimum atomic E-state index is -0.777. The smallest absolute Gasteiger partial charge is 0.346 e. The van der Waals surface area contributed by atoms with E-state index in [0.29, 0.717) is 35.7 Å². The third kappa shape index (κ3) is 4.96. The lowest BCUT2D eigenvalue weighted by atomic mass is 9.96. The molecule has 6 heteroatoms. The second-order valence-electron chi connectivity index (χ2n) is 8.40. The molecule has 0 spiro atoms. The van der Waals surface area contributed by atoms with Crippen molar-refractivity contribution in [2.24, 2.45) is 5.92 Å². The average Bonchev–Trinajstić information content (AvgIpc) is 2.80. The van der Waals surface area contributed by atoms with Crippen LogP contribution in [-0.2, 0) is 18.0 Å². The molecular weight excluding hydrogens is 420 g/mol. The molecule has 1 aliphatic rings. The first-order valence-corrected chi connectivity index (χ1v) is 11.0. The Morgan fingerprint density at radius 3 is 2.55 bits per heavy atom. The van der Waals surface area contributed by atoms with Crippen molar-refractivity contribution in [1.82, 2.24) is 0 Å². The summed E-state index contributed by atoms with van der Waals surface area (Å²) in [5.74, 6) is 1.28. The van der Waals surface area contributed by atoms with Gasteiger partial charge in [-0.3, -0.25) is 0 Å². The molecule has 0 saturated carbocycles. The summed E-state index contributed by atoms with van der Waals surface area (Å²) < 4.78 is 23.4. The molecule has 1 unspecified atom stereocenters. The number of carbonyl (C=O) groups is 1. The summed E-state index contributed by atoms with van der Waals surface area (Å²) in [6.45, 7) is 4.44. The average molecular weight is 449 g/mol. The van der Waals surface area contributed by atoms with Crippen LogP contribution < -0.4 is 14.2 Å². The zero-order valence-corrected chi connectivity index (χ0v) is 19.0. The number of ether oxygens (including phenoxy) is 4. The molecule has 1 aliphatic heterocycles. The van der Waals surface area contributed by atoms with Crippen LogP contribution in [0.3, 0.4) is 0 Å². The zero-order chi connectivity index (χ0) is 23.4. The van der Waals surface area contributed by atoms with Crippen LogP contribution in [0.25, 0.3) is 0 Å². The summed E-state index contributed by atoms with van der Waals surface area (Å²) in [6, 6.07) is 18.7. The van der Waals surface area contributed by atoms with E-state index in [9.17, 15) is 9.90 Å². The van der Waals surface area contributed by atoms with Crippen molar-refractivity contribution in [3.8, 4) is 23.0 Å². The van der Waals surface area contributed by atoms with E-state index in [1.165, 1.54) is 7.11 Å². The number of hydrogen-bond acceptors (Lipinski definition) is 6. The van der Waals surface area contributed by atoms with Gasteiger partial charge < -0.3 is 24.1 Å². The van der Waals surface area contributed by atoms with Gasteiger partial charge in [-0.05, 0) is 36.1 Å². The molecular formula is C27H28O6. The Labute approximate surface area is 193 Å². The molecule has 4 rings (SSSR count). The molecule has 1 N–H and O–H groups in total. The number of hydrogen-bond donors (Lipinski definition) is 1. The molecule has 6 nitrogen and oxygen atoms in total. The van der Waals surface area contributed by atoms with Crippen molar-refractivity contribution in [2.75, 3.05) is 7.11 Å². The van der Waals surface area contributed by atoms with Crippen molar-refractivity contribution in [1.29, 1.82) is 0 Å². The predicted octanol–water partition coefficient (Wildman–Crippen LogP) is 5.82. The van der Waals surface area contributed by atoms with E-state index in [1.807, 2.05) is 62.4 Å². The van der Waals surface area contributed by atoms with Crippen LogP contribution in [0.15, 0.2) is 60.7 Å². The van der Waals surface area contributed by atoms with Crippen LogP contribution in [0, 0.1) is 5.92 Å². The van der Waals surface area contributed by atoms with Crippen LogP contribution in [0.5, 0.6) is 23.0 Å². The summed E-state index contributed by atoms with van der Waals surface area (Å²) in [5, 5.41) is 10.7. The van der Waals surface area contributed by atoms with Gasteiger partial charge in [0.25, 0.3) is 0 Å². The molecule has 1 heterocycles. The number of para-hydroxylation sites is 1. The first kappa shape index (κ1) is 22.7. The standard InChI is InChI=1S/C27H28O6/c1-17(2)14-21(28)20-12-13-22-24(26(20)30-3)27(29)32-16-19-10-7-11-23(25(19)33-22)31-15-18-8-5-4-6-9-18/h4-13,17,21,28H,14-16H2,1-3H3. The number of methoxy groups -OCH3 is 1. The molecule has 1 atom stereocenters. The first-order chi connectivity index (χ1) is 16.0. The highest BCUT2D eigenvalue weighted by atomic mass is 16.6. The normalized spacial score (nSPS) is 13.7. The number of rotatable bonds is 7. The number of fused-ring (bicyclic) bond motifs is 2. The molecule has 172 valence electrons. The molecule has 0 fully saturated rings. The van der Waals surface area contributed by atoms with Crippen molar-refractivity contribution in [3.63, 3.8) is 0 Å². The fourth-order valence-electron chi connectivity index (χ4n) is 3.88. The number of aliphatic hydroxyl groups is 1. The second-order valence-corrected chi connectivity index (χ2v) is 8.40. The van der Waals surface area contributed by atoms with Gasteiger partial charge in [-0.1, -0.05) is 56.3 Å². The van der Waals surface area contributed by atoms with Gasteiger partial charge in [0.15, 0.2) is 11.5 Å². The third-order valence-corrected chi connectivity index (χ3v) is 5.48. The minimum absolute atomic E-state index is 0.0259. The predicted molar refractivity (Wildman–Crippen MR) is 124 cm³/mol. The number of aliphatic hydroxyl groups excluding tert-OH is 1. The molecule has 3 aromatic carbocycles. The highest BCUT2D eigenvalue weighted by molar-refractivity contribution is 5.96. The molecule has 0 bridgehead atoms. The maximum Gasteiger partial charge on any atom is 0.346 e. The van der Waals surface area contributed by atoms with E-state index in [2.05, 4.69) is 0 Å². The second kappa shape index (κ2) is 9.96. The SMILES string of the molecule is COc1c(C(O)CC(C)C)ccc2c1C(=O)OCc1cccc(OCc3ccccc3)c1O2. The maximum absolute atomic E-state index is 12.9. The Morgan fingerprint density at radius 1 is 1.03 bits per heavy atom. The van der Waals surface area contributed by atoms with Crippen LogP contribution in [0.4, 0.5) is 0 Å². The van der Waals surface area contributed by atoms with Crippen LogP contribution in [0.1, 0.15) is 53.4 Å². The molecule has 0 aliphatic carbocycles. The minimum Gasteiger partial charge on any atom is -0.495 e. The highest BCUT2D eigenvalue weighted by Crippen LogP contribution is 2.44. The Balaban J connectivity index is 1.71. The topological polar surface area (TPSA) is 74.2 Å². The van der Waals surface area contributed by atoms with E-state index in [-0.39, 0.29) is 29.6 Å². The maximum atomic E-state index is 12.9. The van der Waals surface area contributed by atoms with Crippen molar-refractivity contribution < 1.29 is 28.8 Å². The van der Waals surface area contributed by atoms with Gasteiger partial charge in [-0.2, -0.15) is 0 Å². The molecule has 0 radical (unpaired) electrons. The fourth-order valence-corrected chi connectivity index (χ4v) is 3.88. The largest absolute Gasteiger partial charge is 0.495 e. The molecule has 0 saturated heterocycles. The van der Waals surface area contributed by atoms with Crippen molar-refractivity contribution >= 4 is 5.97 Å². The number of esters is 1. The van der Waals surface area contributed by atoms with E-state index in [4.69, 9.17) is 18.9 Å². The quantitative estimate of drug-likeness (QED) is 0.459. The molecule has 3 aromatic rings. The van der Waals surface area contributed by atoms with E-state index in [1.54, 1.807) is 12.1 Å². The molecule has 33 heavy (non-hydrogen) atoms. The monoisotopic (exact) mass is 448 g/mol.